The molecule has 20 heavy (non-hydrogen) atoms. The fourth-order valence-electron chi connectivity index (χ4n) is 2.52. The normalized spacial score (nSPS) is 11.3. The van der Waals surface area contributed by atoms with E-state index in [0.29, 0.717) is 13.0 Å². The van der Waals surface area contributed by atoms with Gasteiger partial charge in [-0.25, -0.2) is 5.84 Å². The van der Waals surface area contributed by atoms with Crippen molar-refractivity contribution >= 4 is 27.6 Å². The molecule has 104 valence electrons. The number of furan rings is 1. The third kappa shape index (κ3) is 2.13. The number of hydrazine groups is 1. The average Bonchev–Trinajstić information content (AvgIpc) is 2.82. The Balaban J connectivity index is 2.20. The third-order valence-corrected chi connectivity index (χ3v) is 3.47. The number of hydrogen-bond donors (Lipinski definition) is 2. The maximum atomic E-state index is 8.94. The van der Waals surface area contributed by atoms with Gasteiger partial charge in [-0.3, -0.25) is 0 Å². The number of aliphatic hydroxyl groups is 1. The highest BCUT2D eigenvalue weighted by Gasteiger charge is 2.14. The van der Waals surface area contributed by atoms with Crippen molar-refractivity contribution in [2.75, 3.05) is 18.2 Å². The summed E-state index contributed by atoms with van der Waals surface area (Å²) in [5.41, 5.74) is 3.67. The number of aliphatic hydroxyl groups excluding tert-OH is 1. The van der Waals surface area contributed by atoms with Gasteiger partial charge in [0.2, 0.25) is 0 Å². The molecule has 0 aliphatic heterocycles. The number of anilines is 1. The Labute approximate surface area is 117 Å². The highest BCUT2D eigenvalue weighted by molar-refractivity contribution is 6.09. The lowest BCUT2D eigenvalue weighted by Crippen LogP contribution is -2.32. The molecule has 4 nitrogen and oxygen atoms in total. The van der Waals surface area contributed by atoms with E-state index in [9.17, 15) is 0 Å². The summed E-state index contributed by atoms with van der Waals surface area (Å²) in [5, 5.41) is 12.8. The number of fused-ring (bicyclic) bond motifs is 3. The summed E-state index contributed by atoms with van der Waals surface area (Å²) in [7, 11) is 0. The van der Waals surface area contributed by atoms with Gasteiger partial charge in [0.1, 0.15) is 5.58 Å². The van der Waals surface area contributed by atoms with Crippen LogP contribution < -0.4 is 10.9 Å². The Morgan fingerprint density at radius 2 is 2.00 bits per heavy atom. The second-order valence-corrected chi connectivity index (χ2v) is 5.03. The van der Waals surface area contributed by atoms with Crippen molar-refractivity contribution < 1.29 is 9.52 Å². The van der Waals surface area contributed by atoms with E-state index in [1.165, 1.54) is 0 Å². The van der Waals surface area contributed by atoms with Crippen LogP contribution >= 0.6 is 0 Å². The SMILES string of the molecule is Cc1cc(N(N)CCCO)c2oc3ccccc3c2c1. The van der Waals surface area contributed by atoms with Gasteiger partial charge in [0, 0.05) is 23.9 Å². The number of nitrogens with two attached hydrogens (primary N) is 1. The van der Waals surface area contributed by atoms with Crippen LogP contribution in [0.15, 0.2) is 40.8 Å². The first-order valence-electron chi connectivity index (χ1n) is 6.75. The summed E-state index contributed by atoms with van der Waals surface area (Å²) in [4.78, 5) is 0. The van der Waals surface area contributed by atoms with Crippen LogP contribution in [0.5, 0.6) is 0 Å². The molecular weight excluding hydrogens is 252 g/mol. The molecule has 4 heteroatoms. The Hall–Kier alpha value is -2.04. The van der Waals surface area contributed by atoms with Gasteiger partial charge in [-0.1, -0.05) is 18.2 Å². The number of nitrogens with zero attached hydrogens (tertiary/aromatic N) is 1. The Morgan fingerprint density at radius 3 is 2.80 bits per heavy atom. The zero-order valence-electron chi connectivity index (χ0n) is 11.5. The third-order valence-electron chi connectivity index (χ3n) is 3.47. The minimum absolute atomic E-state index is 0.128. The minimum Gasteiger partial charge on any atom is -0.454 e. The maximum Gasteiger partial charge on any atom is 0.160 e. The van der Waals surface area contributed by atoms with Crippen molar-refractivity contribution in [3.8, 4) is 0 Å². The van der Waals surface area contributed by atoms with Gasteiger partial charge >= 0.3 is 0 Å². The van der Waals surface area contributed by atoms with Crippen LogP contribution in [-0.4, -0.2) is 18.3 Å². The first kappa shape index (κ1) is 13.0. The fourth-order valence-corrected chi connectivity index (χ4v) is 2.52. The summed E-state index contributed by atoms with van der Waals surface area (Å²) in [5.74, 6) is 6.10. The molecule has 0 fully saturated rings. The molecule has 0 radical (unpaired) electrons. The van der Waals surface area contributed by atoms with E-state index in [0.717, 1.165) is 33.2 Å². The van der Waals surface area contributed by atoms with Crippen molar-refractivity contribution in [3.05, 3.63) is 42.0 Å². The van der Waals surface area contributed by atoms with E-state index in [4.69, 9.17) is 15.4 Å². The van der Waals surface area contributed by atoms with Crippen molar-refractivity contribution in [1.82, 2.24) is 0 Å². The van der Waals surface area contributed by atoms with Crippen LogP contribution in [0.1, 0.15) is 12.0 Å². The number of hydrogen-bond acceptors (Lipinski definition) is 4. The number of rotatable bonds is 4. The van der Waals surface area contributed by atoms with Crippen molar-refractivity contribution in [2.45, 2.75) is 13.3 Å². The lowest BCUT2D eigenvalue weighted by molar-refractivity contribution is 0.289. The molecule has 0 amide bonds. The standard InChI is InChI=1S/C16H18N2O2/c1-11-9-13-12-5-2-3-6-15(12)20-16(13)14(10-11)18(17)7-4-8-19/h2-3,5-6,9-10,19H,4,7-8,17H2,1H3. The molecule has 0 aliphatic carbocycles. The minimum atomic E-state index is 0.128. The number of para-hydroxylation sites is 1. The largest absolute Gasteiger partial charge is 0.454 e. The van der Waals surface area contributed by atoms with E-state index in [-0.39, 0.29) is 6.61 Å². The lowest BCUT2D eigenvalue weighted by atomic mass is 10.1. The van der Waals surface area contributed by atoms with Gasteiger partial charge in [0.15, 0.2) is 5.58 Å². The highest BCUT2D eigenvalue weighted by Crippen LogP contribution is 2.35. The predicted octanol–water partition coefficient (Wildman–Crippen LogP) is 2.96. The second-order valence-electron chi connectivity index (χ2n) is 5.03. The number of benzene rings is 2. The summed E-state index contributed by atoms with van der Waals surface area (Å²) >= 11 is 0. The molecule has 0 aliphatic rings. The van der Waals surface area contributed by atoms with E-state index >= 15 is 0 Å². The van der Waals surface area contributed by atoms with Crippen LogP contribution in [0.25, 0.3) is 21.9 Å². The van der Waals surface area contributed by atoms with Crippen molar-refractivity contribution in [2.24, 2.45) is 5.84 Å². The van der Waals surface area contributed by atoms with E-state index in [2.05, 4.69) is 12.1 Å². The Kier molecular flexibility index (Phi) is 3.34. The van der Waals surface area contributed by atoms with Gasteiger partial charge < -0.3 is 14.5 Å². The Bertz CT molecular complexity index is 749. The molecule has 0 saturated heterocycles. The van der Waals surface area contributed by atoms with Gasteiger partial charge in [0.05, 0.1) is 5.69 Å². The molecule has 3 aromatic rings. The fraction of sp³-hybridized carbons (Fsp3) is 0.250. The van der Waals surface area contributed by atoms with Crippen LogP contribution in [0.4, 0.5) is 5.69 Å². The first-order valence-corrected chi connectivity index (χ1v) is 6.75. The van der Waals surface area contributed by atoms with Gasteiger partial charge in [0.25, 0.3) is 0 Å². The van der Waals surface area contributed by atoms with E-state index < -0.39 is 0 Å². The first-order chi connectivity index (χ1) is 9.70. The molecule has 0 unspecified atom stereocenters. The summed E-state index contributed by atoms with van der Waals surface area (Å²) in [6, 6.07) is 12.1. The molecule has 1 aromatic heterocycles. The van der Waals surface area contributed by atoms with Crippen LogP contribution in [0.2, 0.25) is 0 Å². The molecule has 3 rings (SSSR count). The van der Waals surface area contributed by atoms with Crippen LogP contribution in [-0.2, 0) is 0 Å². The van der Waals surface area contributed by atoms with Crippen LogP contribution in [0.3, 0.4) is 0 Å². The van der Waals surface area contributed by atoms with Gasteiger partial charge in [-0.2, -0.15) is 0 Å². The summed E-state index contributed by atoms with van der Waals surface area (Å²) < 4.78 is 5.96. The summed E-state index contributed by atoms with van der Waals surface area (Å²) in [6.45, 7) is 2.76. The van der Waals surface area contributed by atoms with Crippen LogP contribution in [0, 0.1) is 6.92 Å². The monoisotopic (exact) mass is 270 g/mol. The molecule has 0 bridgehead atoms. The average molecular weight is 270 g/mol. The maximum absolute atomic E-state index is 8.94. The van der Waals surface area contributed by atoms with Crippen molar-refractivity contribution in [3.63, 3.8) is 0 Å². The zero-order chi connectivity index (χ0) is 14.1. The molecule has 0 atom stereocenters. The molecule has 0 saturated carbocycles. The van der Waals surface area contributed by atoms with Gasteiger partial charge in [-0.05, 0) is 37.1 Å². The molecule has 1 heterocycles. The lowest BCUT2D eigenvalue weighted by Gasteiger charge is -2.18. The molecule has 0 spiro atoms. The van der Waals surface area contributed by atoms with E-state index in [1.807, 2.05) is 31.2 Å². The Morgan fingerprint density at radius 1 is 1.20 bits per heavy atom. The molecular formula is C16H18N2O2. The smallest absolute Gasteiger partial charge is 0.160 e. The van der Waals surface area contributed by atoms with E-state index in [1.54, 1.807) is 5.01 Å². The molecule has 2 aromatic carbocycles. The highest BCUT2D eigenvalue weighted by atomic mass is 16.3. The number of aryl methyl sites for hydroxylation is 1. The summed E-state index contributed by atoms with van der Waals surface area (Å²) in [6.07, 6.45) is 0.631. The second kappa shape index (κ2) is 5.15. The predicted molar refractivity (Wildman–Crippen MR) is 81.7 cm³/mol. The van der Waals surface area contributed by atoms with Gasteiger partial charge in [-0.15, -0.1) is 0 Å². The molecule has 3 N–H and O–H groups in total. The topological polar surface area (TPSA) is 62.6 Å². The zero-order valence-corrected chi connectivity index (χ0v) is 11.5. The van der Waals surface area contributed by atoms with Crippen molar-refractivity contribution in [1.29, 1.82) is 0 Å². The quantitative estimate of drug-likeness (QED) is 0.565.